The van der Waals surface area contributed by atoms with E-state index in [0.29, 0.717) is 23.6 Å². The molecule has 1 amide bonds. The fourth-order valence-electron chi connectivity index (χ4n) is 1.66. The van der Waals surface area contributed by atoms with Gasteiger partial charge >= 0.3 is 0 Å². The predicted molar refractivity (Wildman–Crippen MR) is 61.6 cm³/mol. The molecule has 0 saturated carbocycles. The Balaban J connectivity index is 2.44. The molecule has 0 aromatic rings. The molecule has 2 unspecified atom stereocenters. The average Bonchev–Trinajstić information content (AvgIpc) is 2.18. The molecule has 0 bridgehead atoms. The quantitative estimate of drug-likeness (QED) is 0.762. The Kier molecular flexibility index (Phi) is 4.75. The molecule has 1 heterocycles. The Hall–Kier alpha value is -0.220. The molecule has 4 heteroatoms. The fraction of sp³-hybridized carbons (Fsp3) is 0.900. The van der Waals surface area contributed by atoms with Crippen molar-refractivity contribution in [3.63, 3.8) is 0 Å². The fourth-order valence-corrected chi connectivity index (χ4v) is 2.76. The predicted octanol–water partition coefficient (Wildman–Crippen LogP) is 0.948. The van der Waals surface area contributed by atoms with Crippen LogP contribution in [0.1, 0.15) is 20.3 Å². The lowest BCUT2D eigenvalue weighted by Gasteiger charge is -2.37. The number of carbonyl (C=O) groups is 1. The summed E-state index contributed by atoms with van der Waals surface area (Å²) in [6.07, 6.45) is 0.623. The Bertz CT molecular complexity index is 199. The van der Waals surface area contributed by atoms with E-state index in [4.69, 9.17) is 0 Å². The number of rotatable bonds is 3. The van der Waals surface area contributed by atoms with Crippen molar-refractivity contribution >= 4 is 17.7 Å². The van der Waals surface area contributed by atoms with Crippen molar-refractivity contribution in [3.05, 3.63) is 0 Å². The van der Waals surface area contributed by atoms with Crippen molar-refractivity contribution in [1.29, 1.82) is 0 Å². The minimum absolute atomic E-state index is 0.291. The smallest absolute Gasteiger partial charge is 0.224 e. The van der Waals surface area contributed by atoms with E-state index >= 15 is 0 Å². The molecule has 2 atom stereocenters. The van der Waals surface area contributed by atoms with E-state index in [9.17, 15) is 4.79 Å². The van der Waals surface area contributed by atoms with Crippen LogP contribution in [0.15, 0.2) is 0 Å². The van der Waals surface area contributed by atoms with E-state index in [-0.39, 0.29) is 0 Å². The molecule has 1 saturated heterocycles. The largest absolute Gasteiger partial charge is 0.338 e. The Morgan fingerprint density at radius 2 is 2.29 bits per heavy atom. The van der Waals surface area contributed by atoms with Crippen molar-refractivity contribution in [3.8, 4) is 0 Å². The highest BCUT2D eigenvalue weighted by atomic mass is 32.2. The van der Waals surface area contributed by atoms with Crippen LogP contribution in [0.25, 0.3) is 0 Å². The molecule has 1 N–H and O–H groups in total. The van der Waals surface area contributed by atoms with Gasteiger partial charge in [-0.3, -0.25) is 4.79 Å². The first-order valence-electron chi connectivity index (χ1n) is 5.22. The lowest BCUT2D eigenvalue weighted by molar-refractivity contribution is -0.132. The first-order chi connectivity index (χ1) is 6.66. The normalized spacial score (nSPS) is 27.8. The summed E-state index contributed by atoms with van der Waals surface area (Å²) in [5.41, 5.74) is 0. The summed E-state index contributed by atoms with van der Waals surface area (Å²) >= 11 is 1.96. The molecule has 0 spiro atoms. The number of thioether (sulfide) groups is 1. The number of hydrogen-bond acceptors (Lipinski definition) is 3. The minimum Gasteiger partial charge on any atom is -0.338 e. The first kappa shape index (κ1) is 11.9. The average molecular weight is 216 g/mol. The molecule has 1 aliphatic rings. The van der Waals surface area contributed by atoms with E-state index in [2.05, 4.69) is 19.2 Å². The summed E-state index contributed by atoms with van der Waals surface area (Å²) in [4.78, 5) is 13.8. The van der Waals surface area contributed by atoms with Crippen LogP contribution in [0.4, 0.5) is 0 Å². The minimum atomic E-state index is 0.291. The summed E-state index contributed by atoms with van der Waals surface area (Å²) in [6, 6.07) is 0.387. The first-order valence-corrected chi connectivity index (χ1v) is 6.27. The number of amides is 1. The van der Waals surface area contributed by atoms with Gasteiger partial charge in [0.2, 0.25) is 5.91 Å². The molecule has 14 heavy (non-hydrogen) atoms. The van der Waals surface area contributed by atoms with Gasteiger partial charge in [-0.05, 0) is 14.0 Å². The van der Waals surface area contributed by atoms with Crippen LogP contribution in [0.5, 0.6) is 0 Å². The van der Waals surface area contributed by atoms with Gasteiger partial charge in [0, 0.05) is 36.6 Å². The summed E-state index contributed by atoms with van der Waals surface area (Å²) in [6.45, 7) is 6.04. The van der Waals surface area contributed by atoms with Gasteiger partial charge in [-0.1, -0.05) is 6.92 Å². The van der Waals surface area contributed by atoms with Gasteiger partial charge in [-0.25, -0.2) is 0 Å². The van der Waals surface area contributed by atoms with E-state index in [1.165, 1.54) is 0 Å². The zero-order valence-electron chi connectivity index (χ0n) is 9.25. The second-order valence-electron chi connectivity index (χ2n) is 3.76. The molecule has 0 radical (unpaired) electrons. The SMILES string of the molecule is CNCCC(=O)N1CCSC(C)C1C. The lowest BCUT2D eigenvalue weighted by Crippen LogP contribution is -2.48. The Labute approximate surface area is 90.6 Å². The van der Waals surface area contributed by atoms with Crippen molar-refractivity contribution < 1.29 is 4.79 Å². The van der Waals surface area contributed by atoms with Crippen LogP contribution in [-0.2, 0) is 4.79 Å². The Morgan fingerprint density at radius 3 is 2.93 bits per heavy atom. The Morgan fingerprint density at radius 1 is 1.57 bits per heavy atom. The highest BCUT2D eigenvalue weighted by molar-refractivity contribution is 8.00. The van der Waals surface area contributed by atoms with Gasteiger partial charge in [0.15, 0.2) is 0 Å². The molecule has 3 nitrogen and oxygen atoms in total. The van der Waals surface area contributed by atoms with Crippen molar-refractivity contribution in [2.24, 2.45) is 0 Å². The molecule has 0 aliphatic carbocycles. The molecule has 0 aromatic carbocycles. The van der Waals surface area contributed by atoms with Crippen LogP contribution >= 0.6 is 11.8 Å². The molecule has 1 rings (SSSR count). The topological polar surface area (TPSA) is 32.3 Å². The summed E-state index contributed by atoms with van der Waals surface area (Å²) < 4.78 is 0. The molecular formula is C10H20N2OS. The molecule has 0 aromatic heterocycles. The number of carbonyl (C=O) groups excluding carboxylic acids is 1. The third-order valence-electron chi connectivity index (χ3n) is 2.79. The van der Waals surface area contributed by atoms with Gasteiger partial charge in [0.25, 0.3) is 0 Å². The van der Waals surface area contributed by atoms with Gasteiger partial charge in [-0.2, -0.15) is 11.8 Å². The van der Waals surface area contributed by atoms with Gasteiger partial charge in [0.05, 0.1) is 0 Å². The lowest BCUT2D eigenvalue weighted by atomic mass is 10.2. The zero-order chi connectivity index (χ0) is 10.6. The number of nitrogens with zero attached hydrogens (tertiary/aromatic N) is 1. The summed E-state index contributed by atoms with van der Waals surface area (Å²) in [5.74, 6) is 1.37. The van der Waals surface area contributed by atoms with Crippen molar-refractivity contribution in [2.45, 2.75) is 31.6 Å². The second-order valence-corrected chi connectivity index (χ2v) is 5.24. The maximum absolute atomic E-state index is 11.8. The third-order valence-corrected chi connectivity index (χ3v) is 4.13. The zero-order valence-corrected chi connectivity index (χ0v) is 10.1. The van der Waals surface area contributed by atoms with Crippen LogP contribution in [-0.4, -0.2) is 48.0 Å². The summed E-state index contributed by atoms with van der Waals surface area (Å²) in [5, 5.41) is 3.58. The highest BCUT2D eigenvalue weighted by Gasteiger charge is 2.27. The van der Waals surface area contributed by atoms with Crippen LogP contribution in [0.3, 0.4) is 0 Å². The maximum Gasteiger partial charge on any atom is 0.224 e. The maximum atomic E-state index is 11.8. The molecular weight excluding hydrogens is 196 g/mol. The van der Waals surface area contributed by atoms with Crippen molar-refractivity contribution in [2.75, 3.05) is 25.9 Å². The van der Waals surface area contributed by atoms with Crippen LogP contribution in [0, 0.1) is 0 Å². The van der Waals surface area contributed by atoms with Gasteiger partial charge < -0.3 is 10.2 Å². The van der Waals surface area contributed by atoms with E-state index in [1.54, 1.807) is 0 Å². The molecule has 82 valence electrons. The summed E-state index contributed by atoms with van der Waals surface area (Å²) in [7, 11) is 1.88. The standard InChI is InChI=1S/C10H20N2OS/c1-8-9(2)14-7-6-12(8)10(13)4-5-11-3/h8-9,11H,4-7H2,1-3H3. The second kappa shape index (κ2) is 5.61. The van der Waals surface area contributed by atoms with Crippen LogP contribution in [0.2, 0.25) is 0 Å². The van der Waals surface area contributed by atoms with E-state index in [1.807, 2.05) is 23.7 Å². The monoisotopic (exact) mass is 216 g/mol. The number of nitrogens with one attached hydrogen (secondary N) is 1. The highest BCUT2D eigenvalue weighted by Crippen LogP contribution is 2.24. The van der Waals surface area contributed by atoms with Crippen LogP contribution < -0.4 is 5.32 Å². The number of hydrogen-bond donors (Lipinski definition) is 1. The molecule has 1 aliphatic heterocycles. The van der Waals surface area contributed by atoms with Crippen molar-refractivity contribution in [1.82, 2.24) is 10.2 Å². The van der Waals surface area contributed by atoms with E-state index in [0.717, 1.165) is 18.8 Å². The molecule has 1 fully saturated rings. The van der Waals surface area contributed by atoms with Gasteiger partial charge in [0.1, 0.15) is 0 Å². The third kappa shape index (κ3) is 2.89. The van der Waals surface area contributed by atoms with Gasteiger partial charge in [-0.15, -0.1) is 0 Å². The van der Waals surface area contributed by atoms with E-state index < -0.39 is 0 Å².